The molecular weight excluding hydrogens is 1880 g/mol. The molecule has 137 heavy (non-hydrogen) atoms. The second-order valence-electron chi connectivity index (χ2n) is 34.5. The predicted octanol–water partition coefficient (Wildman–Crippen LogP) is -24.3. The van der Waals surface area contributed by atoms with Gasteiger partial charge in [0.15, 0.2) is 69.2 Å². The lowest BCUT2D eigenvalue weighted by molar-refractivity contribution is -0.401. The first-order valence-electron chi connectivity index (χ1n) is 43.7. The van der Waals surface area contributed by atoms with E-state index in [1.807, 2.05) is 0 Å². The van der Waals surface area contributed by atoms with Crippen molar-refractivity contribution in [1.29, 1.82) is 0 Å². The molecule has 792 valence electrons. The highest BCUT2D eigenvalue weighted by molar-refractivity contribution is 5.75. The van der Waals surface area contributed by atoms with Crippen LogP contribution in [-0.4, -0.2) is 593 Å². The van der Waals surface area contributed by atoms with E-state index < -0.39 is 440 Å². The summed E-state index contributed by atoms with van der Waals surface area (Å²) in [5.74, 6) is -4.89. The summed E-state index contributed by atoms with van der Waals surface area (Å²) in [7, 11) is 0. The molecule has 61 nitrogen and oxygen atoms in total. The van der Waals surface area contributed by atoms with E-state index in [2.05, 4.69) is 26.6 Å². The van der Waals surface area contributed by atoms with Crippen LogP contribution in [0.1, 0.15) is 34.6 Å². The van der Waals surface area contributed by atoms with E-state index in [0.29, 0.717) is 0 Å². The second kappa shape index (κ2) is 49.5. The molecule has 11 heterocycles. The minimum absolute atomic E-state index is 0.829. The summed E-state index contributed by atoms with van der Waals surface area (Å²) in [6.45, 7) is -8.44. The van der Waals surface area contributed by atoms with Gasteiger partial charge in [0.1, 0.15) is 268 Å². The topological polar surface area (TPSA) is 946 Å². The Morgan fingerprint density at radius 3 is 0.774 bits per heavy atom. The minimum Gasteiger partial charge on any atom is -0.394 e. The molecule has 11 saturated heterocycles. The van der Waals surface area contributed by atoms with E-state index in [0.717, 1.165) is 34.6 Å². The molecule has 0 unspecified atom stereocenters. The molecule has 0 radical (unpaired) electrons. The fraction of sp³-hybridized carbons (Fsp3) is 0.934. The van der Waals surface area contributed by atoms with Gasteiger partial charge in [-0.05, 0) is 0 Å². The molecule has 61 heteroatoms. The average molecular weight is 2010 g/mol. The van der Waals surface area contributed by atoms with Gasteiger partial charge in [-0.3, -0.25) is 24.0 Å². The highest BCUT2D eigenvalue weighted by Gasteiger charge is 2.63. The molecule has 11 rings (SSSR count). The van der Waals surface area contributed by atoms with Crippen molar-refractivity contribution in [2.24, 2.45) is 0 Å². The lowest BCUT2D eigenvalue weighted by Crippen LogP contribution is -2.71. The number of amides is 5. The first-order valence-corrected chi connectivity index (χ1v) is 43.7. The predicted molar refractivity (Wildman–Crippen MR) is 420 cm³/mol. The van der Waals surface area contributed by atoms with Gasteiger partial charge in [0.25, 0.3) is 0 Å². The van der Waals surface area contributed by atoms with E-state index in [1.54, 1.807) is 0 Å². The molecule has 35 N–H and O–H groups in total. The first kappa shape index (κ1) is 113. The van der Waals surface area contributed by atoms with Crippen molar-refractivity contribution in [1.82, 2.24) is 26.6 Å². The second-order valence-corrected chi connectivity index (χ2v) is 34.5. The molecule has 55 atom stereocenters. The Morgan fingerprint density at radius 1 is 0.190 bits per heavy atom. The molecular formula is C76H127N5O56. The van der Waals surface area contributed by atoms with Gasteiger partial charge in [0.2, 0.25) is 29.5 Å². The molecule has 11 fully saturated rings. The van der Waals surface area contributed by atoms with E-state index in [9.17, 15) is 177 Å². The van der Waals surface area contributed by atoms with Crippen LogP contribution < -0.4 is 26.6 Å². The summed E-state index contributed by atoms with van der Waals surface area (Å²) in [4.78, 5) is 65.3. The van der Waals surface area contributed by atoms with Gasteiger partial charge in [0.05, 0.1) is 72.7 Å². The monoisotopic (exact) mass is 2010 g/mol. The van der Waals surface area contributed by atoms with Gasteiger partial charge in [0, 0.05) is 34.6 Å². The highest BCUT2D eigenvalue weighted by atomic mass is 16.8. The van der Waals surface area contributed by atoms with Gasteiger partial charge in [-0.25, -0.2) is 0 Å². The Balaban J connectivity index is 0.983. The van der Waals surface area contributed by atoms with Crippen LogP contribution in [0.4, 0.5) is 0 Å². The SMILES string of the molecule is CC(=O)N[C@@H]1[C@@H](O)[C@H](O[C@@H]2O[C@H](CO)[C@@H](O[C@@H]3O[C@H](CO[C@H]4O[C@H](CO)[C@@H](O[C@@H]5O[C@H](CO)[C@@H](O[C@@H]6O[C@H](CO)[C@H](O)[C@H](O)[C@H]6O)[C@H](O)[C@H]5NC(C)=O)[C@H](O)[C@@H]4O[C@@H]4O[C@H](CO)[C@@H](O[C@@H]5O[C@H](CO)[C@H](O)[C@H](O)[C@H]5O)[C@H](O)[C@H]4NC(C)=O)[C@@H](O)[C@H](O[C@H]4O[C@H](CO)[C@@H](O)[C@H](O)[C@@H]4O[C@@H]4O[C@H](CO)[C@@H](O)[C@H](O[C@@H]5O[C@H](CO)[C@H](O)[C@H](O)[C@H]5O)[C@H]4NC(C)=O)[C@@H]3O)[C@H](O)[C@H]2NC(C)=O)[C@@H](CO)O[C@H]1O. The third-order valence-corrected chi connectivity index (χ3v) is 25.0. The molecule has 0 aliphatic carbocycles. The molecule has 0 aromatic heterocycles. The fourth-order valence-electron chi connectivity index (χ4n) is 17.8. The minimum atomic E-state index is -2.71. The van der Waals surface area contributed by atoms with Gasteiger partial charge in [-0.15, -0.1) is 0 Å². The zero-order chi connectivity index (χ0) is 101. The number of hydrogen-bond donors (Lipinski definition) is 35. The Kier molecular flexibility index (Phi) is 40.7. The first-order chi connectivity index (χ1) is 64.9. The lowest BCUT2D eigenvalue weighted by Gasteiger charge is -2.52. The van der Waals surface area contributed by atoms with Crippen molar-refractivity contribution in [2.45, 2.75) is 372 Å². The van der Waals surface area contributed by atoms with Crippen LogP contribution in [0, 0.1) is 0 Å². The number of carbonyl (C=O) groups is 5. The number of carbonyl (C=O) groups excluding carboxylic acids is 5. The number of rotatable bonds is 36. The molecule has 5 amide bonds. The van der Waals surface area contributed by atoms with Crippen LogP contribution in [0.3, 0.4) is 0 Å². The van der Waals surface area contributed by atoms with Crippen molar-refractivity contribution < 1.29 is 277 Å². The van der Waals surface area contributed by atoms with Gasteiger partial charge in [-0.2, -0.15) is 0 Å². The normalized spacial score (nSPS) is 48.9. The Labute approximate surface area is 775 Å². The molecule has 0 saturated carbocycles. The zero-order valence-corrected chi connectivity index (χ0v) is 73.6. The Bertz CT molecular complexity index is 3780. The average Bonchev–Trinajstić information content (AvgIpc) is 0.760. The summed E-state index contributed by atoms with van der Waals surface area (Å²) < 4.78 is 126. The highest BCUT2D eigenvalue weighted by Crippen LogP contribution is 2.42. The summed E-state index contributed by atoms with van der Waals surface area (Å²) in [6.07, 6.45) is -109. The molecule has 0 spiro atoms. The maximum absolute atomic E-state index is 13.4. The summed E-state index contributed by atoms with van der Waals surface area (Å²) in [5.41, 5.74) is 0. The number of hydrogen-bond acceptors (Lipinski definition) is 56. The van der Waals surface area contributed by atoms with Crippen LogP contribution in [0.15, 0.2) is 0 Å². The summed E-state index contributed by atoms with van der Waals surface area (Å²) in [6, 6.07) is -9.87. The third-order valence-electron chi connectivity index (χ3n) is 25.0. The number of ether oxygens (including phenoxy) is 21. The third kappa shape index (κ3) is 25.0. The van der Waals surface area contributed by atoms with Crippen LogP contribution in [-0.2, 0) is 123 Å². The largest absolute Gasteiger partial charge is 0.394 e. The van der Waals surface area contributed by atoms with Gasteiger partial charge in [-0.1, -0.05) is 0 Å². The van der Waals surface area contributed by atoms with Crippen LogP contribution in [0.2, 0.25) is 0 Å². The molecule has 0 aromatic rings. The molecule has 11 aliphatic rings. The molecule has 11 aliphatic heterocycles. The van der Waals surface area contributed by atoms with Crippen molar-refractivity contribution >= 4 is 29.5 Å². The van der Waals surface area contributed by atoms with E-state index in [4.69, 9.17) is 99.5 Å². The lowest BCUT2D eigenvalue weighted by atomic mass is 9.93. The fourth-order valence-corrected chi connectivity index (χ4v) is 17.8. The van der Waals surface area contributed by atoms with E-state index >= 15 is 0 Å². The van der Waals surface area contributed by atoms with Crippen molar-refractivity contribution in [3.8, 4) is 0 Å². The smallest absolute Gasteiger partial charge is 0.217 e. The van der Waals surface area contributed by atoms with Crippen LogP contribution >= 0.6 is 0 Å². The number of aliphatic hydroxyl groups is 30. The van der Waals surface area contributed by atoms with Crippen molar-refractivity contribution in [3.63, 3.8) is 0 Å². The Hall–Kier alpha value is -4.69. The summed E-state index contributed by atoms with van der Waals surface area (Å²) in [5, 5.41) is 350. The molecule has 0 aromatic carbocycles. The maximum Gasteiger partial charge on any atom is 0.217 e. The quantitative estimate of drug-likeness (QED) is 0.0277. The maximum atomic E-state index is 13.4. The van der Waals surface area contributed by atoms with E-state index in [1.165, 1.54) is 0 Å². The van der Waals surface area contributed by atoms with E-state index in [-0.39, 0.29) is 0 Å². The number of aliphatic hydroxyl groups excluding tert-OH is 30. The number of nitrogens with one attached hydrogen (secondary N) is 5. The standard InChI is InChI=1S/C76H127N5O56/c1-17(92)77-33-44(103)57(27(11-87)118-66(33)116)129-67-34(78-18(2)93)46(105)60(30(14-90)124-67)133-74-56(115)63(135-76-64(51(110)41(100)25(9-85)123-76)136-70-37(81-21(5)96)62(42(101)26(10-86)119-70)134-73-54(113)50(109)40(99)24(8-84)122-73)43(102)32(128-74)16-117-75-65(137-69-36(80-20(4)95)47(106)59(29(13-89)126-69)132-72-53(112)49(108)39(98)23(7-83)121-72)55(114)61(31(15-91)127-75)130-68-35(79-19(3)94)45(104)58(28(12-88)125-68)131-71-52(111)48(107)38(97)22(6-82)120-71/h22-76,82-91,97-116H,6-16H2,1-5H3,(H,77,92)(H,78,93)(H,79,94)(H,80,95)(H,81,96)/t22-,23-,24-,25-,26-,27-,28-,29-,30-,31-,32-,33-,34-,35-,36-,37-,38+,39+,40+,41-,42-,43-,44-,45-,46-,47-,48+,49+,50+,51+,52-,53-,54-,55+,56+,57-,58-,59-,60-,61-,62-,63+,64+,65+,66-,67+,68+,69+,70+,71+,72+,73+,74+,75+,76-/m1/s1. The van der Waals surface area contributed by atoms with Crippen molar-refractivity contribution in [3.05, 3.63) is 0 Å². The van der Waals surface area contributed by atoms with Crippen LogP contribution in [0.5, 0.6) is 0 Å². The van der Waals surface area contributed by atoms with Gasteiger partial charge < -0.3 is 279 Å². The zero-order valence-electron chi connectivity index (χ0n) is 73.6. The van der Waals surface area contributed by atoms with Crippen molar-refractivity contribution in [2.75, 3.05) is 72.7 Å². The summed E-state index contributed by atoms with van der Waals surface area (Å²) >= 11 is 0. The Morgan fingerprint density at radius 2 is 0.416 bits per heavy atom. The van der Waals surface area contributed by atoms with Crippen LogP contribution in [0.25, 0.3) is 0 Å². The molecule has 0 bridgehead atoms. The van der Waals surface area contributed by atoms with Gasteiger partial charge >= 0.3 is 0 Å².